The standard InChI is InChI=1S/C19H19N5O2/c1-14-13-16-15(5-4-6-17(16)24(25)26)19(21-14)23-11-9-22(10-12-23)18-7-2-3-8-20-18/h2-8,13H,9-12H2,1H3. The molecule has 1 aliphatic heterocycles. The Labute approximate surface area is 151 Å². The van der Waals surface area contributed by atoms with Crippen LogP contribution < -0.4 is 9.80 Å². The second kappa shape index (κ2) is 6.59. The van der Waals surface area contributed by atoms with Gasteiger partial charge in [-0.25, -0.2) is 9.97 Å². The number of piperazine rings is 1. The summed E-state index contributed by atoms with van der Waals surface area (Å²) in [6, 6.07) is 12.9. The van der Waals surface area contributed by atoms with Gasteiger partial charge < -0.3 is 9.80 Å². The quantitative estimate of drug-likeness (QED) is 0.534. The summed E-state index contributed by atoms with van der Waals surface area (Å²) in [5.74, 6) is 1.80. The number of nitro benzene ring substituents is 1. The van der Waals surface area contributed by atoms with Crippen molar-refractivity contribution in [2.45, 2.75) is 6.92 Å². The third-order valence-corrected chi connectivity index (χ3v) is 4.71. The number of hydrogen-bond donors (Lipinski definition) is 0. The number of non-ortho nitro benzene ring substituents is 1. The Bertz CT molecular complexity index is 953. The molecular weight excluding hydrogens is 330 g/mol. The van der Waals surface area contributed by atoms with E-state index < -0.39 is 0 Å². The highest BCUT2D eigenvalue weighted by atomic mass is 16.6. The van der Waals surface area contributed by atoms with Gasteiger partial charge in [0.25, 0.3) is 5.69 Å². The fourth-order valence-electron chi connectivity index (χ4n) is 3.46. The zero-order valence-electron chi connectivity index (χ0n) is 14.5. The summed E-state index contributed by atoms with van der Waals surface area (Å²) in [6.07, 6.45) is 1.80. The summed E-state index contributed by atoms with van der Waals surface area (Å²) >= 11 is 0. The van der Waals surface area contributed by atoms with Crippen molar-refractivity contribution in [1.29, 1.82) is 0 Å². The van der Waals surface area contributed by atoms with Gasteiger partial charge in [0.15, 0.2) is 0 Å². The van der Waals surface area contributed by atoms with E-state index in [0.717, 1.165) is 48.9 Å². The van der Waals surface area contributed by atoms with Crippen molar-refractivity contribution in [3.8, 4) is 0 Å². The minimum absolute atomic E-state index is 0.126. The Kier molecular flexibility index (Phi) is 4.12. The fourth-order valence-corrected chi connectivity index (χ4v) is 3.46. The number of aromatic nitrogens is 2. The van der Waals surface area contributed by atoms with E-state index in [1.165, 1.54) is 0 Å². The van der Waals surface area contributed by atoms with Gasteiger partial charge in [-0.2, -0.15) is 0 Å². The Morgan fingerprint density at radius 3 is 2.46 bits per heavy atom. The molecule has 7 nitrogen and oxygen atoms in total. The average Bonchev–Trinajstić information content (AvgIpc) is 2.67. The zero-order valence-corrected chi connectivity index (χ0v) is 14.5. The minimum atomic E-state index is -0.329. The van der Waals surface area contributed by atoms with Gasteiger partial charge in [0.05, 0.1) is 10.3 Å². The summed E-state index contributed by atoms with van der Waals surface area (Å²) in [4.78, 5) is 24.6. The first-order valence-electron chi connectivity index (χ1n) is 8.59. The topological polar surface area (TPSA) is 75.4 Å². The molecule has 0 amide bonds. The number of aryl methyl sites for hydroxylation is 1. The summed E-state index contributed by atoms with van der Waals surface area (Å²) in [5.41, 5.74) is 0.912. The highest BCUT2D eigenvalue weighted by Gasteiger charge is 2.22. The van der Waals surface area contributed by atoms with E-state index in [0.29, 0.717) is 5.39 Å². The van der Waals surface area contributed by atoms with Gasteiger partial charge in [-0.05, 0) is 25.1 Å². The molecule has 0 atom stereocenters. The lowest BCUT2D eigenvalue weighted by molar-refractivity contribution is -0.383. The molecule has 3 aromatic rings. The second-order valence-corrected chi connectivity index (χ2v) is 6.38. The lowest BCUT2D eigenvalue weighted by Crippen LogP contribution is -2.47. The van der Waals surface area contributed by atoms with E-state index in [9.17, 15) is 10.1 Å². The molecule has 0 spiro atoms. The predicted octanol–water partition coefficient (Wildman–Crippen LogP) is 3.17. The van der Waals surface area contributed by atoms with E-state index in [-0.39, 0.29) is 10.6 Å². The Hall–Kier alpha value is -3.22. The van der Waals surface area contributed by atoms with Crippen LogP contribution in [0.3, 0.4) is 0 Å². The highest BCUT2D eigenvalue weighted by molar-refractivity contribution is 5.98. The van der Waals surface area contributed by atoms with Gasteiger partial charge in [0, 0.05) is 49.5 Å². The maximum absolute atomic E-state index is 11.4. The van der Waals surface area contributed by atoms with Crippen LogP contribution in [0.25, 0.3) is 10.8 Å². The molecule has 2 aromatic heterocycles. The van der Waals surface area contributed by atoms with Crippen molar-refractivity contribution < 1.29 is 4.92 Å². The van der Waals surface area contributed by atoms with Crippen LogP contribution in [0.4, 0.5) is 17.3 Å². The van der Waals surface area contributed by atoms with Gasteiger partial charge in [-0.1, -0.05) is 18.2 Å². The molecule has 1 aliphatic rings. The van der Waals surface area contributed by atoms with E-state index >= 15 is 0 Å². The molecule has 0 N–H and O–H groups in total. The number of anilines is 2. The van der Waals surface area contributed by atoms with E-state index in [1.54, 1.807) is 24.4 Å². The number of hydrogen-bond acceptors (Lipinski definition) is 6. The number of nitro groups is 1. The summed E-state index contributed by atoms with van der Waals surface area (Å²) < 4.78 is 0. The van der Waals surface area contributed by atoms with Gasteiger partial charge in [-0.3, -0.25) is 10.1 Å². The molecule has 0 saturated carbocycles. The van der Waals surface area contributed by atoms with E-state index in [4.69, 9.17) is 4.98 Å². The average molecular weight is 349 g/mol. The molecule has 4 rings (SSSR count). The van der Waals surface area contributed by atoms with Crippen molar-refractivity contribution in [2.75, 3.05) is 36.0 Å². The van der Waals surface area contributed by atoms with E-state index in [2.05, 4.69) is 14.8 Å². The van der Waals surface area contributed by atoms with Crippen molar-refractivity contribution >= 4 is 28.1 Å². The Balaban J connectivity index is 1.66. The van der Waals surface area contributed by atoms with Crippen LogP contribution in [0.5, 0.6) is 0 Å². The maximum Gasteiger partial charge on any atom is 0.277 e. The van der Waals surface area contributed by atoms with Crippen molar-refractivity contribution in [1.82, 2.24) is 9.97 Å². The van der Waals surface area contributed by atoms with Crippen LogP contribution in [0.1, 0.15) is 5.69 Å². The van der Waals surface area contributed by atoms with Crippen LogP contribution in [-0.2, 0) is 0 Å². The first-order chi connectivity index (χ1) is 12.6. The molecule has 1 aromatic carbocycles. The van der Waals surface area contributed by atoms with Gasteiger partial charge in [0.2, 0.25) is 0 Å². The lowest BCUT2D eigenvalue weighted by atomic mass is 10.1. The minimum Gasteiger partial charge on any atom is -0.353 e. The molecular formula is C19H19N5O2. The lowest BCUT2D eigenvalue weighted by Gasteiger charge is -2.36. The van der Waals surface area contributed by atoms with Gasteiger partial charge >= 0.3 is 0 Å². The third kappa shape index (κ3) is 2.92. The second-order valence-electron chi connectivity index (χ2n) is 6.38. The molecule has 26 heavy (non-hydrogen) atoms. The van der Waals surface area contributed by atoms with E-state index in [1.807, 2.05) is 31.2 Å². The SMILES string of the molecule is Cc1cc2c([N+](=O)[O-])cccc2c(N2CCN(c3ccccn3)CC2)n1. The molecule has 1 saturated heterocycles. The van der Waals surface area contributed by atoms with Crippen molar-refractivity contribution in [2.24, 2.45) is 0 Å². The number of benzene rings is 1. The first kappa shape index (κ1) is 16.3. The number of fused-ring (bicyclic) bond motifs is 1. The number of pyridine rings is 2. The predicted molar refractivity (Wildman–Crippen MR) is 102 cm³/mol. The van der Waals surface area contributed by atoms with Gasteiger partial charge in [-0.15, -0.1) is 0 Å². The molecule has 7 heteroatoms. The molecule has 0 bridgehead atoms. The Morgan fingerprint density at radius 2 is 1.77 bits per heavy atom. The molecule has 0 unspecified atom stereocenters. The number of nitrogens with zero attached hydrogens (tertiary/aromatic N) is 5. The van der Waals surface area contributed by atoms with Crippen LogP contribution in [0, 0.1) is 17.0 Å². The maximum atomic E-state index is 11.4. The summed E-state index contributed by atoms with van der Waals surface area (Å²) in [5, 5.41) is 12.8. The summed E-state index contributed by atoms with van der Waals surface area (Å²) in [7, 11) is 0. The molecule has 1 fully saturated rings. The first-order valence-corrected chi connectivity index (χ1v) is 8.59. The zero-order chi connectivity index (χ0) is 18.1. The largest absolute Gasteiger partial charge is 0.353 e. The molecule has 0 radical (unpaired) electrons. The van der Waals surface area contributed by atoms with Crippen LogP contribution in [-0.4, -0.2) is 41.1 Å². The molecule has 132 valence electrons. The van der Waals surface area contributed by atoms with Crippen LogP contribution in [0.2, 0.25) is 0 Å². The molecule has 3 heterocycles. The van der Waals surface area contributed by atoms with Crippen LogP contribution >= 0.6 is 0 Å². The van der Waals surface area contributed by atoms with Crippen molar-refractivity contribution in [3.05, 3.63) is 64.5 Å². The number of rotatable bonds is 3. The normalized spacial score (nSPS) is 14.7. The fraction of sp³-hybridized carbons (Fsp3) is 0.263. The molecule has 0 aliphatic carbocycles. The van der Waals surface area contributed by atoms with Crippen molar-refractivity contribution in [3.63, 3.8) is 0 Å². The monoisotopic (exact) mass is 349 g/mol. The Morgan fingerprint density at radius 1 is 1.00 bits per heavy atom. The van der Waals surface area contributed by atoms with Gasteiger partial charge in [0.1, 0.15) is 11.6 Å². The third-order valence-electron chi connectivity index (χ3n) is 4.71. The van der Waals surface area contributed by atoms with Crippen LogP contribution in [0.15, 0.2) is 48.7 Å². The smallest absolute Gasteiger partial charge is 0.277 e. The highest BCUT2D eigenvalue weighted by Crippen LogP contribution is 2.32. The summed E-state index contributed by atoms with van der Waals surface area (Å²) in [6.45, 7) is 5.14.